The van der Waals surface area contributed by atoms with Gasteiger partial charge in [0.2, 0.25) is 0 Å². The molecule has 1 atom stereocenters. The quantitative estimate of drug-likeness (QED) is 0.690. The van der Waals surface area contributed by atoms with Crippen LogP contribution in [-0.2, 0) is 0 Å². The van der Waals surface area contributed by atoms with Crippen molar-refractivity contribution >= 4 is 0 Å². The number of hydrogen-bond donors (Lipinski definition) is 2. The number of halogens is 3. The molecule has 12 heavy (non-hydrogen) atoms. The van der Waals surface area contributed by atoms with Crippen LogP contribution in [0.2, 0.25) is 0 Å². The van der Waals surface area contributed by atoms with Crippen molar-refractivity contribution in [1.82, 2.24) is 0 Å². The lowest BCUT2D eigenvalue weighted by Crippen LogP contribution is -2.27. The monoisotopic (exact) mass is 181 g/mol. The second-order valence-electron chi connectivity index (χ2n) is 2.19. The van der Waals surface area contributed by atoms with Crippen molar-refractivity contribution in [2.24, 2.45) is 5.73 Å². The molecule has 0 saturated heterocycles. The van der Waals surface area contributed by atoms with Crippen molar-refractivity contribution in [3.8, 4) is 5.75 Å². The molecule has 0 aliphatic rings. The summed E-state index contributed by atoms with van der Waals surface area (Å²) in [7, 11) is 0. The van der Waals surface area contributed by atoms with Crippen molar-refractivity contribution in [3.05, 3.63) is 18.1 Å². The molecule has 6 heteroatoms. The van der Waals surface area contributed by atoms with Crippen molar-refractivity contribution < 1.29 is 22.7 Å². The molecule has 1 heterocycles. The number of hydrogen-bond acceptors (Lipinski definition) is 3. The van der Waals surface area contributed by atoms with Crippen LogP contribution >= 0.6 is 0 Å². The van der Waals surface area contributed by atoms with Crippen molar-refractivity contribution in [3.63, 3.8) is 0 Å². The zero-order valence-corrected chi connectivity index (χ0v) is 5.80. The van der Waals surface area contributed by atoms with E-state index in [0.29, 0.717) is 0 Å². The molecule has 1 rings (SSSR count). The fraction of sp³-hybridized carbons (Fsp3) is 0.333. The third-order valence-electron chi connectivity index (χ3n) is 1.31. The third-order valence-corrected chi connectivity index (χ3v) is 1.31. The van der Waals surface area contributed by atoms with E-state index in [1.807, 2.05) is 0 Å². The van der Waals surface area contributed by atoms with Crippen molar-refractivity contribution in [2.45, 2.75) is 12.2 Å². The van der Waals surface area contributed by atoms with Gasteiger partial charge in [-0.05, 0) is 0 Å². The van der Waals surface area contributed by atoms with Crippen molar-refractivity contribution in [2.75, 3.05) is 0 Å². The first-order valence-electron chi connectivity index (χ1n) is 3.01. The first kappa shape index (κ1) is 8.92. The lowest BCUT2D eigenvalue weighted by atomic mass is 10.2. The largest absolute Gasteiger partial charge is 0.504 e. The van der Waals surface area contributed by atoms with Crippen LogP contribution in [0, 0.1) is 0 Å². The van der Waals surface area contributed by atoms with Gasteiger partial charge in [0.1, 0.15) is 0 Å². The van der Waals surface area contributed by atoms with Crippen LogP contribution in [0.4, 0.5) is 13.2 Å². The molecule has 0 fully saturated rings. The SMILES string of the molecule is N[C@H](c1occc1O)C(F)(F)F. The highest BCUT2D eigenvalue weighted by molar-refractivity contribution is 5.26. The van der Waals surface area contributed by atoms with Crippen LogP contribution in [0.3, 0.4) is 0 Å². The minimum Gasteiger partial charge on any atom is -0.504 e. The Kier molecular flexibility index (Phi) is 2.01. The smallest absolute Gasteiger partial charge is 0.410 e. The molecule has 1 aromatic rings. The van der Waals surface area contributed by atoms with Gasteiger partial charge >= 0.3 is 6.18 Å². The predicted molar refractivity (Wildman–Crippen MR) is 33.4 cm³/mol. The Bertz CT molecular complexity index is 268. The normalized spacial score (nSPS) is 14.7. The second-order valence-corrected chi connectivity index (χ2v) is 2.19. The average molecular weight is 181 g/mol. The van der Waals surface area contributed by atoms with Gasteiger partial charge in [-0.3, -0.25) is 0 Å². The molecule has 0 aliphatic carbocycles. The Morgan fingerprint density at radius 3 is 2.42 bits per heavy atom. The number of furan rings is 1. The molecule has 0 radical (unpaired) electrons. The summed E-state index contributed by atoms with van der Waals surface area (Å²) >= 11 is 0. The molecule has 0 aliphatic heterocycles. The summed E-state index contributed by atoms with van der Waals surface area (Å²) in [5, 5.41) is 8.81. The molecule has 0 amide bonds. The van der Waals surface area contributed by atoms with E-state index in [1.165, 1.54) is 0 Å². The van der Waals surface area contributed by atoms with Crippen LogP contribution in [0.5, 0.6) is 5.75 Å². The lowest BCUT2D eigenvalue weighted by Gasteiger charge is -2.12. The van der Waals surface area contributed by atoms with Gasteiger partial charge in [-0.15, -0.1) is 0 Å². The standard InChI is InChI=1S/C6H6F3NO2/c7-6(8,9)5(10)4-3(11)1-2-12-4/h1-2,5,11H,10H2/t5-/m1/s1. The molecule has 0 unspecified atom stereocenters. The molecule has 3 nitrogen and oxygen atoms in total. The summed E-state index contributed by atoms with van der Waals surface area (Å²) in [6, 6.07) is -1.27. The Morgan fingerprint density at radius 1 is 1.50 bits per heavy atom. The maximum absolute atomic E-state index is 11.9. The van der Waals surface area contributed by atoms with E-state index >= 15 is 0 Å². The van der Waals surface area contributed by atoms with Gasteiger partial charge in [0.05, 0.1) is 6.26 Å². The highest BCUT2D eigenvalue weighted by atomic mass is 19.4. The van der Waals surface area contributed by atoms with Gasteiger partial charge in [0.25, 0.3) is 0 Å². The van der Waals surface area contributed by atoms with Crippen LogP contribution in [-0.4, -0.2) is 11.3 Å². The number of rotatable bonds is 1. The molecule has 68 valence electrons. The Labute approximate surface area is 65.6 Å². The molecular weight excluding hydrogens is 175 g/mol. The summed E-state index contributed by atoms with van der Waals surface area (Å²) in [5.41, 5.74) is 4.74. The van der Waals surface area contributed by atoms with Gasteiger partial charge in [-0.2, -0.15) is 13.2 Å². The molecule has 0 aromatic carbocycles. The zero-order chi connectivity index (χ0) is 9.35. The fourth-order valence-electron chi connectivity index (χ4n) is 0.696. The minimum atomic E-state index is -4.60. The van der Waals surface area contributed by atoms with E-state index in [0.717, 1.165) is 12.3 Å². The Balaban J connectivity index is 2.92. The van der Waals surface area contributed by atoms with E-state index in [4.69, 9.17) is 10.8 Å². The molecule has 3 N–H and O–H groups in total. The van der Waals surface area contributed by atoms with Gasteiger partial charge < -0.3 is 15.3 Å². The maximum Gasteiger partial charge on any atom is 0.410 e. The predicted octanol–water partition coefficient (Wildman–Crippen LogP) is 1.55. The number of alkyl halides is 3. The Morgan fingerprint density at radius 2 is 2.08 bits per heavy atom. The Hall–Kier alpha value is -1.17. The van der Waals surface area contributed by atoms with E-state index in [2.05, 4.69) is 4.42 Å². The molecule has 0 spiro atoms. The summed E-state index contributed by atoms with van der Waals surface area (Å²) in [6.07, 6.45) is -3.66. The summed E-state index contributed by atoms with van der Waals surface area (Å²) < 4.78 is 40.0. The highest BCUT2D eigenvalue weighted by Gasteiger charge is 2.41. The van der Waals surface area contributed by atoms with Gasteiger partial charge in [0, 0.05) is 6.07 Å². The first-order chi connectivity index (χ1) is 5.43. The average Bonchev–Trinajstić information content (AvgIpc) is 2.31. The van der Waals surface area contributed by atoms with E-state index < -0.39 is 23.7 Å². The molecular formula is C6H6F3NO2. The summed E-state index contributed by atoms with van der Waals surface area (Å²) in [5.74, 6) is -1.25. The lowest BCUT2D eigenvalue weighted by molar-refractivity contribution is -0.153. The van der Waals surface area contributed by atoms with Gasteiger partial charge in [0.15, 0.2) is 17.6 Å². The van der Waals surface area contributed by atoms with E-state index in [-0.39, 0.29) is 0 Å². The number of aromatic hydroxyl groups is 1. The highest BCUT2D eigenvalue weighted by Crippen LogP contribution is 2.35. The van der Waals surface area contributed by atoms with Gasteiger partial charge in [-0.25, -0.2) is 0 Å². The van der Waals surface area contributed by atoms with Crippen molar-refractivity contribution in [1.29, 1.82) is 0 Å². The first-order valence-corrected chi connectivity index (χ1v) is 3.01. The molecule has 0 bridgehead atoms. The van der Waals surface area contributed by atoms with Crippen LogP contribution in [0.25, 0.3) is 0 Å². The van der Waals surface area contributed by atoms with E-state index in [9.17, 15) is 13.2 Å². The summed E-state index contributed by atoms with van der Waals surface area (Å²) in [4.78, 5) is 0. The number of nitrogens with two attached hydrogens (primary N) is 1. The third kappa shape index (κ3) is 1.53. The maximum atomic E-state index is 11.9. The molecule has 0 saturated carbocycles. The van der Waals surface area contributed by atoms with Crippen LogP contribution in [0.15, 0.2) is 16.7 Å². The second kappa shape index (κ2) is 2.71. The summed E-state index contributed by atoms with van der Waals surface area (Å²) in [6.45, 7) is 0. The fourth-order valence-corrected chi connectivity index (χ4v) is 0.696. The minimum absolute atomic E-state index is 0.583. The topological polar surface area (TPSA) is 59.4 Å². The van der Waals surface area contributed by atoms with Gasteiger partial charge in [-0.1, -0.05) is 0 Å². The van der Waals surface area contributed by atoms with E-state index in [1.54, 1.807) is 0 Å². The molecule has 1 aromatic heterocycles. The zero-order valence-electron chi connectivity index (χ0n) is 5.80. The van der Waals surface area contributed by atoms with Crippen LogP contribution in [0.1, 0.15) is 11.8 Å². The van der Waals surface area contributed by atoms with Crippen LogP contribution < -0.4 is 5.73 Å².